The maximum absolute atomic E-state index is 13.4. The summed E-state index contributed by atoms with van der Waals surface area (Å²) in [7, 11) is -4.14. The molecule has 1 aromatic rings. The summed E-state index contributed by atoms with van der Waals surface area (Å²) in [5, 5.41) is -1.88. The van der Waals surface area contributed by atoms with E-state index < -0.39 is 42.5 Å². The van der Waals surface area contributed by atoms with Crippen LogP contribution >= 0.6 is 11.6 Å². The zero-order valence-corrected chi connectivity index (χ0v) is 14.1. The molecule has 128 valence electrons. The molecule has 2 unspecified atom stereocenters. The Bertz CT molecular complexity index is 741. The number of alkyl halides is 3. The third-order valence-corrected chi connectivity index (χ3v) is 7.06. The van der Waals surface area contributed by atoms with E-state index in [2.05, 4.69) is 0 Å². The van der Waals surface area contributed by atoms with Gasteiger partial charge in [0, 0.05) is 5.56 Å². The summed E-state index contributed by atoms with van der Waals surface area (Å²) in [5.74, 6) is -0.198. The maximum Gasteiger partial charge on any atom is 0.417 e. The van der Waals surface area contributed by atoms with Crippen molar-refractivity contribution >= 4 is 26.7 Å². The van der Waals surface area contributed by atoms with Gasteiger partial charge in [0.25, 0.3) is 5.24 Å². The number of halogens is 4. The Morgan fingerprint density at radius 1 is 1.26 bits per heavy atom. The van der Waals surface area contributed by atoms with Crippen molar-refractivity contribution in [2.24, 2.45) is 5.92 Å². The highest BCUT2D eigenvalue weighted by Crippen LogP contribution is 2.42. The summed E-state index contributed by atoms with van der Waals surface area (Å²) in [6.45, 7) is 2.79. The van der Waals surface area contributed by atoms with Crippen LogP contribution in [0, 0.1) is 12.8 Å². The first-order valence-electron chi connectivity index (χ1n) is 7.12. The van der Waals surface area contributed by atoms with E-state index >= 15 is 0 Å². The average molecular weight is 369 g/mol. The van der Waals surface area contributed by atoms with Crippen LogP contribution in [0.2, 0.25) is 0 Å². The van der Waals surface area contributed by atoms with Crippen LogP contribution in [0.25, 0.3) is 0 Å². The minimum Gasteiger partial charge on any atom is -0.276 e. The van der Waals surface area contributed by atoms with Crippen LogP contribution in [0.15, 0.2) is 17.0 Å². The molecule has 8 heteroatoms. The van der Waals surface area contributed by atoms with Crippen LogP contribution in [0.4, 0.5) is 13.2 Å². The fourth-order valence-electron chi connectivity index (χ4n) is 3.22. The second-order valence-corrected chi connectivity index (χ2v) is 8.35. The van der Waals surface area contributed by atoms with E-state index in [1.807, 2.05) is 0 Å². The van der Waals surface area contributed by atoms with Gasteiger partial charge in [-0.3, -0.25) is 4.79 Å². The van der Waals surface area contributed by atoms with Gasteiger partial charge in [0.2, 0.25) is 0 Å². The van der Waals surface area contributed by atoms with Crippen molar-refractivity contribution in [1.82, 2.24) is 0 Å². The molecule has 1 saturated carbocycles. The fourth-order valence-corrected chi connectivity index (χ4v) is 5.79. The highest BCUT2D eigenvalue weighted by Gasteiger charge is 2.44. The SMILES string of the molecule is Cc1c(C(=O)Cl)ccc(S(=O)(=O)C2CCCC2C)c1C(F)(F)F. The first-order valence-corrected chi connectivity index (χ1v) is 9.05. The molecule has 2 atom stereocenters. The van der Waals surface area contributed by atoms with Crippen molar-refractivity contribution < 1.29 is 26.4 Å². The van der Waals surface area contributed by atoms with E-state index in [9.17, 15) is 26.4 Å². The first-order chi connectivity index (χ1) is 10.5. The van der Waals surface area contributed by atoms with E-state index in [1.54, 1.807) is 6.92 Å². The molecule has 0 heterocycles. The predicted molar refractivity (Wildman–Crippen MR) is 80.4 cm³/mol. The molecule has 0 aliphatic heterocycles. The van der Waals surface area contributed by atoms with E-state index in [0.717, 1.165) is 19.1 Å². The summed E-state index contributed by atoms with van der Waals surface area (Å²) in [5.41, 5.74) is -2.08. The summed E-state index contributed by atoms with van der Waals surface area (Å²) in [4.78, 5) is 10.5. The van der Waals surface area contributed by atoms with Gasteiger partial charge in [-0.15, -0.1) is 0 Å². The first kappa shape index (κ1) is 18.3. The Labute approximate surface area is 137 Å². The normalized spacial score (nSPS) is 22.3. The molecule has 2 rings (SSSR count). The smallest absolute Gasteiger partial charge is 0.276 e. The lowest BCUT2D eigenvalue weighted by atomic mass is 10.0. The largest absolute Gasteiger partial charge is 0.417 e. The maximum atomic E-state index is 13.4. The summed E-state index contributed by atoms with van der Waals surface area (Å²) < 4.78 is 65.8. The molecule has 0 radical (unpaired) electrons. The molecule has 1 aliphatic rings. The zero-order chi connectivity index (χ0) is 17.6. The van der Waals surface area contributed by atoms with E-state index in [4.69, 9.17) is 11.6 Å². The summed E-state index contributed by atoms with van der Waals surface area (Å²) >= 11 is 5.29. The van der Waals surface area contributed by atoms with Gasteiger partial charge in [-0.25, -0.2) is 8.42 Å². The molecule has 3 nitrogen and oxygen atoms in total. The number of rotatable bonds is 3. The van der Waals surface area contributed by atoms with Crippen molar-refractivity contribution in [3.8, 4) is 0 Å². The molecule has 0 N–H and O–H groups in total. The molecule has 0 spiro atoms. The number of sulfone groups is 1. The van der Waals surface area contributed by atoms with Crippen molar-refractivity contribution in [3.63, 3.8) is 0 Å². The Morgan fingerprint density at radius 2 is 1.87 bits per heavy atom. The van der Waals surface area contributed by atoms with Gasteiger partial charge in [0.15, 0.2) is 9.84 Å². The lowest BCUT2D eigenvalue weighted by Crippen LogP contribution is -2.27. The van der Waals surface area contributed by atoms with E-state index in [-0.39, 0.29) is 11.5 Å². The van der Waals surface area contributed by atoms with Crippen molar-refractivity contribution in [1.29, 1.82) is 0 Å². The molecule has 1 aliphatic carbocycles. The van der Waals surface area contributed by atoms with Crippen LogP contribution in [-0.4, -0.2) is 18.9 Å². The Morgan fingerprint density at radius 3 is 2.30 bits per heavy atom. The van der Waals surface area contributed by atoms with Crippen molar-refractivity contribution in [2.45, 2.75) is 49.4 Å². The second kappa shape index (κ2) is 6.09. The van der Waals surface area contributed by atoms with Gasteiger partial charge >= 0.3 is 6.18 Å². The van der Waals surface area contributed by atoms with Gasteiger partial charge in [0.1, 0.15) is 0 Å². The Hall–Kier alpha value is -1.08. The molecular weight excluding hydrogens is 353 g/mol. The number of carbonyl (C=O) groups excluding carboxylic acids is 1. The Kier molecular flexibility index (Phi) is 4.84. The van der Waals surface area contributed by atoms with Crippen LogP contribution in [0.5, 0.6) is 0 Å². The molecule has 0 aromatic heterocycles. The number of carbonyl (C=O) groups is 1. The van der Waals surface area contributed by atoms with E-state index in [0.29, 0.717) is 19.3 Å². The lowest BCUT2D eigenvalue weighted by molar-refractivity contribution is -0.140. The second-order valence-electron chi connectivity index (χ2n) is 5.87. The quantitative estimate of drug-likeness (QED) is 0.745. The monoisotopic (exact) mass is 368 g/mol. The van der Waals surface area contributed by atoms with Crippen molar-refractivity contribution in [3.05, 3.63) is 28.8 Å². The van der Waals surface area contributed by atoms with Gasteiger partial charge < -0.3 is 0 Å². The van der Waals surface area contributed by atoms with E-state index in [1.165, 1.54) is 0 Å². The molecule has 1 aromatic carbocycles. The lowest BCUT2D eigenvalue weighted by Gasteiger charge is -2.22. The van der Waals surface area contributed by atoms with Gasteiger partial charge in [-0.05, 0) is 55.0 Å². The molecular formula is C15H16ClF3O3S. The summed E-state index contributed by atoms with van der Waals surface area (Å²) in [6, 6.07) is 1.90. The zero-order valence-electron chi connectivity index (χ0n) is 12.6. The summed E-state index contributed by atoms with van der Waals surface area (Å²) in [6.07, 6.45) is -3.21. The van der Waals surface area contributed by atoms with Crippen molar-refractivity contribution in [2.75, 3.05) is 0 Å². The van der Waals surface area contributed by atoms with Crippen LogP contribution in [0.3, 0.4) is 0 Å². The average Bonchev–Trinajstić information content (AvgIpc) is 2.83. The molecule has 0 saturated heterocycles. The molecule has 23 heavy (non-hydrogen) atoms. The molecule has 0 amide bonds. The number of hydrogen-bond donors (Lipinski definition) is 0. The van der Waals surface area contributed by atoms with Gasteiger partial charge in [-0.2, -0.15) is 13.2 Å². The highest BCUT2D eigenvalue weighted by molar-refractivity contribution is 7.92. The highest BCUT2D eigenvalue weighted by atomic mass is 35.5. The predicted octanol–water partition coefficient (Wildman–Crippen LogP) is 4.36. The van der Waals surface area contributed by atoms with Crippen LogP contribution in [0.1, 0.15) is 47.7 Å². The van der Waals surface area contributed by atoms with Crippen LogP contribution < -0.4 is 0 Å². The molecule has 0 bridgehead atoms. The topological polar surface area (TPSA) is 51.2 Å². The molecule has 1 fully saturated rings. The minimum absolute atomic E-state index is 0.198. The number of hydrogen-bond acceptors (Lipinski definition) is 3. The van der Waals surface area contributed by atoms with Gasteiger partial charge in [-0.1, -0.05) is 13.3 Å². The van der Waals surface area contributed by atoms with Crippen LogP contribution in [-0.2, 0) is 16.0 Å². The third-order valence-electron chi connectivity index (χ3n) is 4.41. The number of benzene rings is 1. The minimum atomic E-state index is -4.89. The Balaban J connectivity index is 2.72. The standard InChI is InChI=1S/C15H16ClF3O3S/c1-8-4-3-5-11(8)23(21,22)12-7-6-10(14(16)20)9(2)13(12)15(17,18)19/h6-8,11H,3-5H2,1-2H3. The third kappa shape index (κ3) is 3.26. The van der Waals surface area contributed by atoms with Gasteiger partial charge in [0.05, 0.1) is 15.7 Å². The fraction of sp³-hybridized carbons (Fsp3) is 0.533.